The van der Waals surface area contributed by atoms with E-state index in [9.17, 15) is 9.59 Å². The number of halogens is 1. The Bertz CT molecular complexity index is 342. The summed E-state index contributed by atoms with van der Waals surface area (Å²) in [5.74, 6) is 0.233. The number of carbonyl (C=O) groups excluding carboxylic acids is 2. The highest BCUT2D eigenvalue weighted by molar-refractivity contribution is 6.17. The lowest BCUT2D eigenvalue weighted by Gasteiger charge is -2.06. The number of rotatable bonds is 15. The summed E-state index contributed by atoms with van der Waals surface area (Å²) in [5, 5.41) is 0. The molecule has 4 nitrogen and oxygen atoms in total. The smallest absolute Gasteiger partial charge is 0.305 e. The molecule has 0 radical (unpaired) electrons. The zero-order valence-electron chi connectivity index (χ0n) is 14.4. The van der Waals surface area contributed by atoms with Crippen molar-refractivity contribution < 1.29 is 19.1 Å². The van der Waals surface area contributed by atoms with Crippen LogP contribution in [-0.2, 0) is 19.1 Å². The molecule has 0 spiro atoms. The van der Waals surface area contributed by atoms with Crippen LogP contribution in [-0.4, -0.2) is 31.0 Å². The fraction of sp³-hybridized carbons (Fsp3) is 0.778. The summed E-state index contributed by atoms with van der Waals surface area (Å²) in [6.07, 6.45) is 8.25. The van der Waals surface area contributed by atoms with E-state index in [-0.39, 0.29) is 24.8 Å². The molecular weight excluding hydrogens is 316 g/mol. The van der Waals surface area contributed by atoms with Gasteiger partial charge >= 0.3 is 11.9 Å². The molecule has 0 saturated heterocycles. The number of unbranched alkanes of at least 4 members (excludes halogenated alkanes) is 5. The molecule has 0 rings (SSSR count). The van der Waals surface area contributed by atoms with Crippen LogP contribution in [0.5, 0.6) is 0 Å². The first-order chi connectivity index (χ1) is 11.1. The van der Waals surface area contributed by atoms with Crippen molar-refractivity contribution in [3.05, 3.63) is 12.2 Å². The van der Waals surface area contributed by atoms with Crippen molar-refractivity contribution in [2.45, 2.75) is 71.1 Å². The van der Waals surface area contributed by atoms with Crippen molar-refractivity contribution in [3.8, 4) is 0 Å². The highest BCUT2D eigenvalue weighted by Gasteiger charge is 2.07. The molecule has 0 aliphatic carbocycles. The quantitative estimate of drug-likeness (QED) is 0.185. The summed E-state index contributed by atoms with van der Waals surface area (Å²) in [4.78, 5) is 22.9. The van der Waals surface area contributed by atoms with Crippen LogP contribution < -0.4 is 0 Å². The molecule has 0 saturated carbocycles. The van der Waals surface area contributed by atoms with Crippen molar-refractivity contribution in [2.75, 3.05) is 19.1 Å². The Balaban J connectivity index is 3.36. The molecule has 0 aliphatic rings. The minimum Gasteiger partial charge on any atom is -0.466 e. The van der Waals surface area contributed by atoms with Gasteiger partial charge in [-0.15, -0.1) is 18.2 Å². The molecule has 134 valence electrons. The molecule has 0 amide bonds. The lowest BCUT2D eigenvalue weighted by atomic mass is 10.1. The minimum absolute atomic E-state index is 0.234. The van der Waals surface area contributed by atoms with Crippen LogP contribution in [0.3, 0.4) is 0 Å². The van der Waals surface area contributed by atoms with Crippen LogP contribution in [0.2, 0.25) is 0 Å². The molecule has 0 unspecified atom stereocenters. The Morgan fingerprint density at radius 3 is 1.87 bits per heavy atom. The van der Waals surface area contributed by atoms with Gasteiger partial charge in [0.1, 0.15) is 0 Å². The number of alkyl halides is 1. The van der Waals surface area contributed by atoms with Gasteiger partial charge in [-0.3, -0.25) is 9.59 Å². The van der Waals surface area contributed by atoms with E-state index in [1.54, 1.807) is 0 Å². The summed E-state index contributed by atoms with van der Waals surface area (Å²) < 4.78 is 10.2. The van der Waals surface area contributed by atoms with Gasteiger partial charge in [0.25, 0.3) is 0 Å². The third-order valence-electron chi connectivity index (χ3n) is 3.34. The van der Waals surface area contributed by atoms with E-state index in [4.69, 9.17) is 21.1 Å². The number of hydrogen-bond donors (Lipinski definition) is 0. The van der Waals surface area contributed by atoms with Crippen LogP contribution in [0.4, 0.5) is 0 Å². The molecule has 0 heterocycles. The minimum atomic E-state index is -0.268. The number of esters is 2. The van der Waals surface area contributed by atoms with Gasteiger partial charge in [-0.2, -0.15) is 0 Å². The molecule has 0 aromatic heterocycles. The first-order valence-electron chi connectivity index (χ1n) is 8.58. The largest absolute Gasteiger partial charge is 0.466 e. The predicted molar refractivity (Wildman–Crippen MR) is 93.6 cm³/mol. The maximum Gasteiger partial charge on any atom is 0.305 e. The lowest BCUT2D eigenvalue weighted by Crippen LogP contribution is -2.09. The fourth-order valence-electron chi connectivity index (χ4n) is 1.95. The van der Waals surface area contributed by atoms with Gasteiger partial charge in [0.05, 0.1) is 13.2 Å². The summed E-state index contributed by atoms with van der Waals surface area (Å²) >= 11 is 5.61. The summed E-state index contributed by atoms with van der Waals surface area (Å²) in [5.41, 5.74) is 0.987. The summed E-state index contributed by atoms with van der Waals surface area (Å²) in [7, 11) is 0. The molecule has 0 atom stereocenters. The molecule has 0 aliphatic heterocycles. The van der Waals surface area contributed by atoms with Crippen molar-refractivity contribution in [3.63, 3.8) is 0 Å². The molecule has 0 aromatic carbocycles. The molecule has 23 heavy (non-hydrogen) atoms. The molecule has 0 N–H and O–H groups in total. The Hall–Kier alpha value is -1.03. The van der Waals surface area contributed by atoms with Crippen molar-refractivity contribution in [2.24, 2.45) is 0 Å². The van der Waals surface area contributed by atoms with Gasteiger partial charge in [-0.25, -0.2) is 0 Å². The SMILES string of the molecule is C=C(C)CCOC(=O)CCCC(=O)OCCCCCCCCCl. The zero-order valence-corrected chi connectivity index (χ0v) is 15.2. The van der Waals surface area contributed by atoms with Crippen molar-refractivity contribution >= 4 is 23.5 Å². The van der Waals surface area contributed by atoms with Crippen LogP contribution in [0.15, 0.2) is 12.2 Å². The summed E-state index contributed by atoms with van der Waals surface area (Å²) in [6.45, 7) is 6.47. The van der Waals surface area contributed by atoms with Crippen molar-refractivity contribution in [1.82, 2.24) is 0 Å². The number of ether oxygens (including phenoxy) is 2. The average molecular weight is 347 g/mol. The van der Waals surface area contributed by atoms with Crippen LogP contribution in [0.25, 0.3) is 0 Å². The van der Waals surface area contributed by atoms with E-state index in [1.807, 2.05) is 6.92 Å². The number of hydrogen-bond acceptors (Lipinski definition) is 4. The van der Waals surface area contributed by atoms with E-state index in [0.29, 0.717) is 26.1 Å². The van der Waals surface area contributed by atoms with Crippen molar-refractivity contribution in [1.29, 1.82) is 0 Å². The van der Waals surface area contributed by atoms with E-state index >= 15 is 0 Å². The van der Waals surface area contributed by atoms with Gasteiger partial charge in [0.2, 0.25) is 0 Å². The maximum atomic E-state index is 11.5. The maximum absolute atomic E-state index is 11.5. The predicted octanol–water partition coefficient (Wildman–Crippen LogP) is 4.79. The second-order valence-corrected chi connectivity index (χ2v) is 6.19. The summed E-state index contributed by atoms with van der Waals surface area (Å²) in [6, 6.07) is 0. The van der Waals surface area contributed by atoms with E-state index in [2.05, 4.69) is 6.58 Å². The van der Waals surface area contributed by atoms with Gasteiger partial charge < -0.3 is 9.47 Å². The fourth-order valence-corrected chi connectivity index (χ4v) is 2.14. The Kier molecular flexibility index (Phi) is 15.1. The second-order valence-electron chi connectivity index (χ2n) is 5.81. The van der Waals surface area contributed by atoms with E-state index in [1.165, 1.54) is 12.8 Å². The Morgan fingerprint density at radius 2 is 1.30 bits per heavy atom. The molecular formula is C18H31ClO4. The van der Waals surface area contributed by atoms with Crippen LogP contribution >= 0.6 is 11.6 Å². The lowest BCUT2D eigenvalue weighted by molar-refractivity contribution is -0.145. The zero-order chi connectivity index (χ0) is 17.3. The number of carbonyl (C=O) groups is 2. The van der Waals surface area contributed by atoms with Gasteiger partial charge in [-0.05, 0) is 26.2 Å². The molecule has 0 aromatic rings. The van der Waals surface area contributed by atoms with E-state index in [0.717, 1.165) is 37.1 Å². The van der Waals surface area contributed by atoms with Crippen LogP contribution in [0, 0.1) is 0 Å². The molecule has 0 fully saturated rings. The first kappa shape index (κ1) is 22.0. The second kappa shape index (κ2) is 15.9. The first-order valence-corrected chi connectivity index (χ1v) is 9.11. The van der Waals surface area contributed by atoms with Gasteiger partial charge in [-0.1, -0.05) is 31.3 Å². The Labute approximate surface area is 145 Å². The monoisotopic (exact) mass is 346 g/mol. The topological polar surface area (TPSA) is 52.6 Å². The standard InChI is InChI=1S/C18H31ClO4/c1-16(2)12-15-23-18(21)11-9-10-17(20)22-14-8-6-4-3-5-7-13-19/h1,3-15H2,2H3. The normalized spacial score (nSPS) is 10.3. The van der Waals surface area contributed by atoms with Gasteiger partial charge in [0, 0.05) is 25.1 Å². The average Bonchev–Trinajstić information content (AvgIpc) is 2.49. The molecule has 5 heteroatoms. The Morgan fingerprint density at radius 1 is 0.783 bits per heavy atom. The highest BCUT2D eigenvalue weighted by Crippen LogP contribution is 2.07. The van der Waals surface area contributed by atoms with Crippen LogP contribution in [0.1, 0.15) is 71.1 Å². The molecule has 0 bridgehead atoms. The highest BCUT2D eigenvalue weighted by atomic mass is 35.5. The van der Waals surface area contributed by atoms with Gasteiger partial charge in [0.15, 0.2) is 0 Å². The van der Waals surface area contributed by atoms with E-state index < -0.39 is 0 Å². The third-order valence-corrected chi connectivity index (χ3v) is 3.61. The third kappa shape index (κ3) is 17.2.